The number of hydrogen-bond donors (Lipinski definition) is 3. The molecule has 6 nitrogen and oxygen atoms in total. The van der Waals surface area contributed by atoms with Crippen molar-refractivity contribution in [2.45, 2.75) is 37.8 Å². The highest BCUT2D eigenvalue weighted by molar-refractivity contribution is 6.31. The van der Waals surface area contributed by atoms with Gasteiger partial charge < -0.3 is 20.6 Å². The molecule has 31 heavy (non-hydrogen) atoms. The number of pyridine rings is 1. The van der Waals surface area contributed by atoms with Crippen LogP contribution < -0.4 is 15.5 Å². The molecule has 0 bridgehead atoms. The van der Waals surface area contributed by atoms with Gasteiger partial charge >= 0.3 is 0 Å². The molecule has 0 unspecified atom stereocenters. The van der Waals surface area contributed by atoms with Crippen molar-refractivity contribution in [3.63, 3.8) is 0 Å². The molecule has 1 heterocycles. The van der Waals surface area contributed by atoms with Crippen LogP contribution in [0, 0.1) is 0 Å². The number of halogens is 1. The topological polar surface area (TPSA) is 77.5 Å². The molecule has 1 aliphatic carbocycles. The summed E-state index contributed by atoms with van der Waals surface area (Å²) in [6.45, 7) is 0. The number of para-hydroxylation sites is 1. The molecule has 1 saturated carbocycles. The summed E-state index contributed by atoms with van der Waals surface area (Å²) in [5, 5.41) is 18.1. The lowest BCUT2D eigenvalue weighted by Gasteiger charge is -2.30. The normalized spacial score (nSPS) is 18.5. The molecule has 1 fully saturated rings. The largest absolute Gasteiger partial charge is 0.507 e. The van der Waals surface area contributed by atoms with E-state index in [4.69, 9.17) is 16.6 Å². The third-order valence-electron chi connectivity index (χ3n) is 5.79. The summed E-state index contributed by atoms with van der Waals surface area (Å²) in [5.74, 6) is 0.526. The van der Waals surface area contributed by atoms with Gasteiger partial charge in [-0.3, -0.25) is 4.79 Å². The summed E-state index contributed by atoms with van der Waals surface area (Å²) < 4.78 is 0. The van der Waals surface area contributed by atoms with E-state index in [1.165, 1.54) is 12.1 Å². The van der Waals surface area contributed by atoms with Crippen LogP contribution in [0.2, 0.25) is 5.02 Å². The summed E-state index contributed by atoms with van der Waals surface area (Å²) in [7, 11) is 4.08. The van der Waals surface area contributed by atoms with Gasteiger partial charge in [-0.05, 0) is 49.9 Å². The lowest BCUT2D eigenvalue weighted by Crippen LogP contribution is -2.40. The second-order valence-electron chi connectivity index (χ2n) is 8.27. The molecule has 3 aromatic rings. The van der Waals surface area contributed by atoms with Crippen molar-refractivity contribution < 1.29 is 9.90 Å². The van der Waals surface area contributed by atoms with Gasteiger partial charge in [0.05, 0.1) is 11.1 Å². The van der Waals surface area contributed by atoms with Gasteiger partial charge in [0, 0.05) is 48.3 Å². The van der Waals surface area contributed by atoms with E-state index in [0.717, 1.165) is 48.1 Å². The van der Waals surface area contributed by atoms with E-state index in [1.54, 1.807) is 6.07 Å². The van der Waals surface area contributed by atoms with Gasteiger partial charge in [-0.15, -0.1) is 0 Å². The van der Waals surface area contributed by atoms with Crippen LogP contribution in [0.3, 0.4) is 0 Å². The molecule has 4 rings (SSSR count). The number of fused-ring (bicyclic) bond motifs is 1. The number of nitrogens with one attached hydrogen (secondary N) is 2. The molecule has 1 amide bonds. The number of amides is 1. The number of carbonyl (C=O) groups is 1. The van der Waals surface area contributed by atoms with Crippen molar-refractivity contribution in [3.8, 4) is 5.75 Å². The van der Waals surface area contributed by atoms with E-state index in [9.17, 15) is 9.90 Å². The van der Waals surface area contributed by atoms with Crippen molar-refractivity contribution in [1.29, 1.82) is 0 Å². The maximum absolute atomic E-state index is 12.5. The standard InChI is InChI=1S/C24H27ClN4O2/c1-29(2)21-14-23(28-20-6-4-3-5-18(20)21)26-16-8-10-17(11-9-16)27-24(31)19-13-15(25)7-12-22(19)30/h3-7,12-14,16-17,30H,8-11H2,1-2H3,(H,26,28)(H,27,31). The van der Waals surface area contributed by atoms with Gasteiger partial charge in [0.1, 0.15) is 11.6 Å². The predicted octanol–water partition coefficient (Wildman–Crippen LogP) is 4.81. The van der Waals surface area contributed by atoms with E-state index >= 15 is 0 Å². The van der Waals surface area contributed by atoms with Crippen molar-refractivity contribution >= 4 is 39.9 Å². The molecule has 1 aromatic heterocycles. The lowest BCUT2D eigenvalue weighted by atomic mass is 9.91. The minimum absolute atomic E-state index is 0.0590. The highest BCUT2D eigenvalue weighted by Crippen LogP contribution is 2.29. The summed E-state index contributed by atoms with van der Waals surface area (Å²) in [4.78, 5) is 19.4. The van der Waals surface area contributed by atoms with E-state index in [-0.39, 0.29) is 23.3 Å². The zero-order valence-electron chi connectivity index (χ0n) is 17.7. The zero-order chi connectivity index (χ0) is 22.0. The molecule has 0 atom stereocenters. The molecule has 7 heteroatoms. The first-order valence-electron chi connectivity index (χ1n) is 10.5. The predicted molar refractivity (Wildman–Crippen MR) is 126 cm³/mol. The molecule has 0 radical (unpaired) electrons. The van der Waals surface area contributed by atoms with Gasteiger partial charge in [-0.25, -0.2) is 4.98 Å². The number of phenolic OH excluding ortho intramolecular Hbond substituents is 1. The molecule has 3 N–H and O–H groups in total. The van der Waals surface area contributed by atoms with Crippen LogP contribution in [-0.2, 0) is 0 Å². The molecule has 2 aromatic carbocycles. The Balaban J connectivity index is 1.38. The van der Waals surface area contributed by atoms with Gasteiger partial charge in [-0.1, -0.05) is 29.8 Å². The van der Waals surface area contributed by atoms with E-state index in [1.807, 2.05) is 32.3 Å². The number of hydrogen-bond acceptors (Lipinski definition) is 5. The van der Waals surface area contributed by atoms with Gasteiger partial charge in [0.15, 0.2) is 0 Å². The zero-order valence-corrected chi connectivity index (χ0v) is 18.5. The van der Waals surface area contributed by atoms with Crippen LogP contribution >= 0.6 is 11.6 Å². The van der Waals surface area contributed by atoms with Crippen molar-refractivity contribution in [1.82, 2.24) is 10.3 Å². The third kappa shape index (κ3) is 4.85. The van der Waals surface area contributed by atoms with Crippen molar-refractivity contribution in [2.75, 3.05) is 24.3 Å². The van der Waals surface area contributed by atoms with Crippen LogP contribution in [0.4, 0.5) is 11.5 Å². The fourth-order valence-electron chi connectivity index (χ4n) is 4.15. The molecule has 162 valence electrons. The summed E-state index contributed by atoms with van der Waals surface area (Å²) in [6.07, 6.45) is 3.58. The number of aromatic nitrogens is 1. The fraction of sp³-hybridized carbons (Fsp3) is 0.333. The minimum atomic E-state index is -0.289. The second-order valence-corrected chi connectivity index (χ2v) is 8.70. The Morgan fingerprint density at radius 1 is 1.06 bits per heavy atom. The number of phenols is 1. The lowest BCUT2D eigenvalue weighted by molar-refractivity contribution is 0.0924. The molecule has 0 spiro atoms. The van der Waals surface area contributed by atoms with Gasteiger partial charge in [0.25, 0.3) is 5.91 Å². The Bertz CT molecular complexity index is 1090. The van der Waals surface area contributed by atoms with Crippen molar-refractivity contribution in [3.05, 3.63) is 59.1 Å². The average molecular weight is 439 g/mol. The van der Waals surface area contributed by atoms with Crippen LogP contribution in [-0.4, -0.2) is 42.2 Å². The number of carbonyl (C=O) groups excluding carboxylic acids is 1. The Morgan fingerprint density at radius 2 is 1.77 bits per heavy atom. The fourth-order valence-corrected chi connectivity index (χ4v) is 4.32. The van der Waals surface area contributed by atoms with Crippen LogP contribution in [0.25, 0.3) is 10.9 Å². The maximum Gasteiger partial charge on any atom is 0.255 e. The summed E-state index contributed by atoms with van der Waals surface area (Å²) in [5.41, 5.74) is 2.32. The van der Waals surface area contributed by atoms with E-state index in [2.05, 4.69) is 27.7 Å². The Kier molecular flexibility index (Phi) is 6.18. The molecule has 1 aliphatic rings. The molecular weight excluding hydrogens is 412 g/mol. The monoisotopic (exact) mass is 438 g/mol. The highest BCUT2D eigenvalue weighted by atomic mass is 35.5. The number of anilines is 2. The quantitative estimate of drug-likeness (QED) is 0.532. The van der Waals surface area contributed by atoms with E-state index in [0.29, 0.717) is 11.1 Å². The smallest absolute Gasteiger partial charge is 0.255 e. The Morgan fingerprint density at radius 3 is 2.52 bits per heavy atom. The Hall–Kier alpha value is -2.99. The SMILES string of the molecule is CN(C)c1cc(NC2CCC(NC(=O)c3cc(Cl)ccc3O)CC2)nc2ccccc12. The van der Waals surface area contributed by atoms with Crippen LogP contribution in [0.15, 0.2) is 48.5 Å². The van der Waals surface area contributed by atoms with Gasteiger partial charge in [0.2, 0.25) is 0 Å². The van der Waals surface area contributed by atoms with E-state index < -0.39 is 0 Å². The molecular formula is C24H27ClN4O2. The highest BCUT2D eigenvalue weighted by Gasteiger charge is 2.24. The summed E-state index contributed by atoms with van der Waals surface area (Å²) in [6, 6.07) is 15.1. The number of nitrogens with zero attached hydrogens (tertiary/aromatic N) is 2. The first kappa shape index (κ1) is 21.2. The first-order chi connectivity index (χ1) is 14.9. The first-order valence-corrected chi connectivity index (χ1v) is 10.9. The number of rotatable bonds is 5. The Labute approximate surface area is 187 Å². The van der Waals surface area contributed by atoms with Crippen molar-refractivity contribution in [2.24, 2.45) is 0 Å². The third-order valence-corrected chi connectivity index (χ3v) is 6.03. The number of aromatic hydroxyl groups is 1. The minimum Gasteiger partial charge on any atom is -0.507 e. The second kappa shape index (κ2) is 9.02. The summed E-state index contributed by atoms with van der Waals surface area (Å²) >= 11 is 5.96. The average Bonchev–Trinajstić information content (AvgIpc) is 2.76. The molecule has 0 aliphatic heterocycles. The maximum atomic E-state index is 12.5. The molecule has 0 saturated heterocycles. The van der Waals surface area contributed by atoms with Gasteiger partial charge in [-0.2, -0.15) is 0 Å². The van der Waals surface area contributed by atoms with Crippen LogP contribution in [0.1, 0.15) is 36.0 Å². The number of benzene rings is 2. The van der Waals surface area contributed by atoms with Crippen LogP contribution in [0.5, 0.6) is 5.75 Å².